The number of hydrogen-bond acceptors (Lipinski definition) is 23. The number of aliphatic hydroxyl groups is 1. The van der Waals surface area contributed by atoms with E-state index >= 15 is 0 Å². The molecule has 2 aromatic carbocycles. The molecule has 83 heavy (non-hydrogen) atoms. The molecule has 0 saturated carbocycles. The maximum Gasteiger partial charge on any atom is 0.202 e. The molecule has 6 fully saturated rings. The Labute approximate surface area is 482 Å². The van der Waals surface area contributed by atoms with Crippen LogP contribution in [0.1, 0.15) is 155 Å². The first-order valence-corrected chi connectivity index (χ1v) is 29.3. The topological polar surface area (TPSA) is 276 Å². The summed E-state index contributed by atoms with van der Waals surface area (Å²) >= 11 is 0. The summed E-state index contributed by atoms with van der Waals surface area (Å²) in [5.41, 5.74) is -3.72. The van der Waals surface area contributed by atoms with E-state index in [9.17, 15) is 39.6 Å². The summed E-state index contributed by atoms with van der Waals surface area (Å²) in [7, 11) is 7.59. The molecule has 6 saturated heterocycles. The lowest BCUT2D eigenvalue weighted by atomic mass is 9.70. The van der Waals surface area contributed by atoms with Crippen molar-refractivity contribution in [2.24, 2.45) is 0 Å². The lowest BCUT2D eigenvalue weighted by Gasteiger charge is -2.51. The number of carbonyl (C=O) groups is 4. The summed E-state index contributed by atoms with van der Waals surface area (Å²) in [5.74, 6) is -3.80. The fourth-order valence-corrected chi connectivity index (χ4v) is 13.7. The maximum atomic E-state index is 14.6. The van der Waals surface area contributed by atoms with Crippen molar-refractivity contribution in [1.82, 2.24) is 9.80 Å². The Morgan fingerprint density at radius 2 is 1.23 bits per heavy atom. The number of nitrogens with zero attached hydrogens (tertiary/aromatic N) is 2. The van der Waals surface area contributed by atoms with Crippen LogP contribution in [0.4, 0.5) is 0 Å². The standard InChI is InChI=1S/C60H80N2O21/c1-12-60(70)24-40(79-43-20-32(61(8)9)56(29(6)73-43)81-45-23-38-57(30(7)75-45)83-59-39(77-38)22-36(65)26(3)76-59)47-50(54(69)48-49(53(47)68)52(67)46-31(51(48)66)14-13-15-35(46)64)58(60)82-44-21-33(62(10)11)55(28(5)74-44)80-42-19-17-37(27(4)72-42)78-41-18-16-34(63)25(2)71-41/h13-16,18,25-30,32-33,37-45,55-59,64,68-70H,12,17,19-24H2,1-11H3. The van der Waals surface area contributed by atoms with E-state index in [0.29, 0.717) is 19.3 Å². The molecule has 23 nitrogen and oxygen atoms in total. The Kier molecular flexibility index (Phi) is 17.2. The Balaban J connectivity index is 0.845. The van der Waals surface area contributed by atoms with Gasteiger partial charge in [-0.2, -0.15) is 0 Å². The van der Waals surface area contributed by atoms with Crippen LogP contribution in [0, 0.1) is 0 Å². The molecule has 2 aromatic rings. The van der Waals surface area contributed by atoms with Gasteiger partial charge in [-0.05, 0) is 101 Å². The van der Waals surface area contributed by atoms with Crippen molar-refractivity contribution < 1.29 is 101 Å². The summed E-state index contributed by atoms with van der Waals surface area (Å²) < 4.78 is 83.8. The molecule has 0 radical (unpaired) electrons. The largest absolute Gasteiger partial charge is 0.507 e. The quantitative estimate of drug-likeness (QED) is 0.166. The zero-order valence-electron chi connectivity index (χ0n) is 48.9. The minimum atomic E-state index is -1.88. The van der Waals surface area contributed by atoms with Crippen molar-refractivity contribution >= 4 is 23.1 Å². The molecule has 456 valence electrons. The van der Waals surface area contributed by atoms with Crippen LogP contribution in [0.5, 0.6) is 17.2 Å². The third-order valence-corrected chi connectivity index (χ3v) is 18.3. The highest BCUT2D eigenvalue weighted by molar-refractivity contribution is 6.31. The molecule has 11 rings (SSSR count). The number of benzene rings is 2. The molecule has 23 heteroatoms. The van der Waals surface area contributed by atoms with Crippen molar-refractivity contribution in [3.8, 4) is 17.2 Å². The third-order valence-electron chi connectivity index (χ3n) is 18.3. The number of rotatable bonds is 13. The number of fused-ring (bicyclic) bond motifs is 5. The molecule has 23 atom stereocenters. The molecule has 0 aromatic heterocycles. The fraction of sp³-hybridized carbons (Fsp3) is 0.700. The van der Waals surface area contributed by atoms with Crippen molar-refractivity contribution in [3.05, 3.63) is 63.7 Å². The Bertz CT molecular complexity index is 2830. The van der Waals surface area contributed by atoms with Gasteiger partial charge in [-0.1, -0.05) is 19.1 Å². The third kappa shape index (κ3) is 11.4. The second-order valence-corrected chi connectivity index (χ2v) is 24.3. The Hall–Kier alpha value is -4.38. The van der Waals surface area contributed by atoms with Crippen molar-refractivity contribution in [2.45, 2.75) is 241 Å². The number of phenols is 3. The van der Waals surface area contributed by atoms with E-state index in [1.807, 2.05) is 65.7 Å². The molecule has 2 aliphatic carbocycles. The summed E-state index contributed by atoms with van der Waals surface area (Å²) in [6.07, 6.45) is -9.03. The van der Waals surface area contributed by atoms with Crippen LogP contribution in [0.2, 0.25) is 0 Å². The SMILES string of the molecule is CCC1(O)CC(OC2CC(N(C)C)C(OC3CC4OC5CC(=O)C(C)OC5OC4C(C)O3)C(C)O2)c2c(O)c3c(c(O)c2C1OC1CC(N(C)C)C(OC2CCC(OC4C=CC(=O)C(C)O4)C(C)O2)C(C)O1)C(=O)c1cccc(O)c1C3=O. The molecule has 9 aliphatic rings. The number of aromatic hydroxyl groups is 3. The van der Waals surface area contributed by atoms with Gasteiger partial charge < -0.3 is 91.8 Å². The number of ketones is 4. The highest BCUT2D eigenvalue weighted by atomic mass is 16.8. The van der Waals surface area contributed by atoms with E-state index < -0.39 is 157 Å². The molecule has 7 heterocycles. The van der Waals surface area contributed by atoms with E-state index in [1.54, 1.807) is 26.8 Å². The number of hydrogen-bond donors (Lipinski definition) is 4. The number of carbonyl (C=O) groups excluding carboxylic acids is 4. The summed E-state index contributed by atoms with van der Waals surface area (Å²) in [6, 6.07) is 3.30. The van der Waals surface area contributed by atoms with Gasteiger partial charge in [0.2, 0.25) is 5.78 Å². The predicted molar refractivity (Wildman–Crippen MR) is 288 cm³/mol. The van der Waals surface area contributed by atoms with Crippen molar-refractivity contribution in [2.75, 3.05) is 28.2 Å². The normalized spacial score (nSPS) is 41.8. The van der Waals surface area contributed by atoms with Crippen LogP contribution >= 0.6 is 0 Å². The smallest absolute Gasteiger partial charge is 0.202 e. The molecular weight excluding hydrogens is 1080 g/mol. The highest BCUT2D eigenvalue weighted by Crippen LogP contribution is 2.58. The predicted octanol–water partition coefficient (Wildman–Crippen LogP) is 4.91. The molecule has 4 N–H and O–H groups in total. The van der Waals surface area contributed by atoms with Crippen LogP contribution in [0.25, 0.3) is 0 Å². The molecule has 0 spiro atoms. The maximum absolute atomic E-state index is 14.6. The van der Waals surface area contributed by atoms with Gasteiger partial charge in [-0.3, -0.25) is 19.2 Å². The van der Waals surface area contributed by atoms with Gasteiger partial charge in [0.1, 0.15) is 60.0 Å². The lowest BCUT2D eigenvalue weighted by Crippen LogP contribution is -2.62. The van der Waals surface area contributed by atoms with E-state index in [-0.39, 0.29) is 90.2 Å². The summed E-state index contributed by atoms with van der Waals surface area (Å²) in [4.78, 5) is 57.6. The van der Waals surface area contributed by atoms with E-state index in [4.69, 9.17) is 61.6 Å². The molecule has 23 unspecified atom stereocenters. The van der Waals surface area contributed by atoms with Gasteiger partial charge in [0, 0.05) is 67.3 Å². The first kappa shape index (κ1) is 60.3. The molecular formula is C60H80N2O21. The van der Waals surface area contributed by atoms with Gasteiger partial charge in [-0.25, -0.2) is 0 Å². The van der Waals surface area contributed by atoms with Crippen LogP contribution in [-0.2, 0) is 71.2 Å². The molecule has 0 amide bonds. The Morgan fingerprint density at radius 3 is 1.88 bits per heavy atom. The second kappa shape index (κ2) is 23.7. The number of Topliss-reactive ketones (excluding diaryl/α,β-unsaturated/α-hetero) is 1. The van der Waals surface area contributed by atoms with Crippen LogP contribution < -0.4 is 0 Å². The average molecular weight is 1170 g/mol. The fourth-order valence-electron chi connectivity index (χ4n) is 13.7. The van der Waals surface area contributed by atoms with Gasteiger partial charge in [0.05, 0.1) is 65.0 Å². The number of ether oxygens (including phenoxy) is 13. The molecule has 0 bridgehead atoms. The molecule has 7 aliphatic heterocycles. The zero-order valence-corrected chi connectivity index (χ0v) is 48.9. The number of likely N-dealkylation sites (N-methyl/N-ethyl adjacent to an activating group) is 2. The average Bonchev–Trinajstić information content (AvgIpc) is 1.62. The highest BCUT2D eigenvalue weighted by Gasteiger charge is 2.56. The van der Waals surface area contributed by atoms with Crippen LogP contribution in [0.15, 0.2) is 30.4 Å². The summed E-state index contributed by atoms with van der Waals surface area (Å²) in [5, 5.41) is 49.4. The zero-order chi connectivity index (χ0) is 59.2. The van der Waals surface area contributed by atoms with Gasteiger partial charge >= 0.3 is 0 Å². The van der Waals surface area contributed by atoms with E-state index in [1.165, 1.54) is 24.3 Å². The van der Waals surface area contributed by atoms with Crippen molar-refractivity contribution in [1.29, 1.82) is 0 Å². The second-order valence-electron chi connectivity index (χ2n) is 24.3. The van der Waals surface area contributed by atoms with Crippen LogP contribution in [-0.4, -0.2) is 210 Å². The first-order chi connectivity index (χ1) is 39.4. The van der Waals surface area contributed by atoms with E-state index in [2.05, 4.69) is 0 Å². The van der Waals surface area contributed by atoms with Gasteiger partial charge in [0.25, 0.3) is 0 Å². The van der Waals surface area contributed by atoms with Gasteiger partial charge in [0.15, 0.2) is 55.1 Å². The minimum Gasteiger partial charge on any atom is -0.507 e. The van der Waals surface area contributed by atoms with E-state index in [0.717, 1.165) is 0 Å². The summed E-state index contributed by atoms with van der Waals surface area (Å²) in [6.45, 7) is 12.6. The van der Waals surface area contributed by atoms with Gasteiger partial charge in [-0.15, -0.1) is 0 Å². The lowest BCUT2D eigenvalue weighted by molar-refractivity contribution is -0.371. The van der Waals surface area contributed by atoms with Crippen molar-refractivity contribution in [3.63, 3.8) is 0 Å². The Morgan fingerprint density at radius 1 is 0.614 bits per heavy atom. The van der Waals surface area contributed by atoms with Crippen LogP contribution in [0.3, 0.4) is 0 Å². The minimum absolute atomic E-state index is 0.0175. The monoisotopic (exact) mass is 1160 g/mol. The first-order valence-electron chi connectivity index (χ1n) is 29.3. The number of phenolic OH excluding ortho intramolecular Hbond substituents is 3.